The second-order valence-corrected chi connectivity index (χ2v) is 8.24. The molecule has 0 aromatic carbocycles. The van der Waals surface area contributed by atoms with Crippen LogP contribution in [0.5, 0.6) is 0 Å². The molecule has 0 amide bonds. The summed E-state index contributed by atoms with van der Waals surface area (Å²) in [5, 5.41) is 17.9. The predicted molar refractivity (Wildman–Crippen MR) is 127 cm³/mol. The lowest BCUT2D eigenvalue weighted by Crippen LogP contribution is -2.26. The summed E-state index contributed by atoms with van der Waals surface area (Å²) in [6.07, 6.45) is 0.620. The minimum atomic E-state index is -4.70. The van der Waals surface area contributed by atoms with Crippen molar-refractivity contribution in [1.29, 1.82) is 0 Å². The summed E-state index contributed by atoms with van der Waals surface area (Å²) >= 11 is 0. The van der Waals surface area contributed by atoms with Gasteiger partial charge in [0.05, 0.1) is 29.8 Å². The fraction of sp³-hybridized carbons (Fsp3) is 0.304. The molecule has 1 atom stereocenters. The van der Waals surface area contributed by atoms with Crippen LogP contribution < -0.4 is 10.2 Å². The number of hydrogen-bond donors (Lipinski definition) is 2. The van der Waals surface area contributed by atoms with E-state index < -0.39 is 18.2 Å². The Morgan fingerprint density at radius 3 is 2.44 bits per heavy atom. The fourth-order valence-electron chi connectivity index (χ4n) is 3.62. The minimum absolute atomic E-state index is 0.0258. The smallest absolute Gasteiger partial charge is 0.372 e. The predicted octanol–water partition coefficient (Wildman–Crippen LogP) is 3.32. The zero-order chi connectivity index (χ0) is 26.0. The van der Waals surface area contributed by atoms with Crippen LogP contribution in [0.25, 0.3) is 22.5 Å². The van der Waals surface area contributed by atoms with Gasteiger partial charge < -0.3 is 15.3 Å². The third kappa shape index (κ3) is 5.40. The first-order chi connectivity index (χ1) is 17.0. The van der Waals surface area contributed by atoms with Gasteiger partial charge in [0.1, 0.15) is 17.9 Å². The highest BCUT2D eigenvalue weighted by Crippen LogP contribution is 2.33. The summed E-state index contributed by atoms with van der Waals surface area (Å²) in [4.78, 5) is 21.4. The molecule has 0 aliphatic heterocycles. The Morgan fingerprint density at radius 1 is 1.06 bits per heavy atom. The number of anilines is 2. The Balaban J connectivity index is 1.55. The molecular formula is C23H24F3N9O. The standard InChI is InChI=1S/C23H24F3N9O/c1-13-21(16-9-19(34(3)4)32-22(30-16)23(24,25)26)14(2)35(33-13)12-20(36)31-18-6-5-15(10-29-18)17-11-27-7-8-28-17/h5-11,20,36H,12H2,1-4H3,(H,29,31). The topological polar surface area (TPSA) is 118 Å². The molecular weight excluding hydrogens is 475 g/mol. The lowest BCUT2D eigenvalue weighted by molar-refractivity contribution is -0.144. The molecule has 4 heterocycles. The first-order valence-electron chi connectivity index (χ1n) is 10.9. The zero-order valence-electron chi connectivity index (χ0n) is 20.0. The first kappa shape index (κ1) is 25.0. The van der Waals surface area contributed by atoms with Gasteiger partial charge in [0.15, 0.2) is 0 Å². The van der Waals surface area contributed by atoms with E-state index in [0.29, 0.717) is 28.5 Å². The number of aliphatic hydroxyl groups is 1. The van der Waals surface area contributed by atoms with E-state index in [1.807, 2.05) is 0 Å². The van der Waals surface area contributed by atoms with Crippen molar-refractivity contribution in [3.63, 3.8) is 0 Å². The quantitative estimate of drug-likeness (QED) is 0.369. The second-order valence-electron chi connectivity index (χ2n) is 8.24. The van der Waals surface area contributed by atoms with Gasteiger partial charge >= 0.3 is 6.18 Å². The van der Waals surface area contributed by atoms with Crippen molar-refractivity contribution in [2.75, 3.05) is 24.3 Å². The Kier molecular flexibility index (Phi) is 6.84. The summed E-state index contributed by atoms with van der Waals surface area (Å²) < 4.78 is 41.8. The SMILES string of the molecule is Cc1nn(CC(O)Nc2ccc(-c3cnccn3)cn2)c(C)c1-c1cc(N(C)C)nc(C(F)(F)F)n1. The molecule has 36 heavy (non-hydrogen) atoms. The Bertz CT molecular complexity index is 1340. The number of rotatable bonds is 7. The minimum Gasteiger partial charge on any atom is -0.372 e. The average Bonchev–Trinajstić information content (AvgIpc) is 3.11. The molecule has 188 valence electrons. The van der Waals surface area contributed by atoms with E-state index in [1.54, 1.807) is 64.9 Å². The Labute approximate surface area is 204 Å². The normalized spacial score (nSPS) is 12.4. The number of halogens is 3. The number of nitrogens with zero attached hydrogens (tertiary/aromatic N) is 8. The van der Waals surface area contributed by atoms with E-state index in [2.05, 4.69) is 35.3 Å². The molecule has 10 nitrogen and oxygen atoms in total. The van der Waals surface area contributed by atoms with Crippen molar-refractivity contribution < 1.29 is 18.3 Å². The molecule has 13 heteroatoms. The molecule has 4 aromatic heterocycles. The number of alkyl halides is 3. The number of aromatic nitrogens is 7. The molecule has 2 N–H and O–H groups in total. The van der Waals surface area contributed by atoms with Crippen molar-refractivity contribution in [1.82, 2.24) is 34.7 Å². The summed E-state index contributed by atoms with van der Waals surface area (Å²) in [5.74, 6) is -0.678. The van der Waals surface area contributed by atoms with Crippen molar-refractivity contribution in [3.8, 4) is 22.5 Å². The summed E-state index contributed by atoms with van der Waals surface area (Å²) in [6.45, 7) is 3.41. The van der Waals surface area contributed by atoms with Crippen LogP contribution in [0.3, 0.4) is 0 Å². The van der Waals surface area contributed by atoms with Crippen LogP contribution in [0.1, 0.15) is 17.2 Å². The molecule has 0 bridgehead atoms. The van der Waals surface area contributed by atoms with Crippen LogP contribution in [-0.2, 0) is 12.7 Å². The van der Waals surface area contributed by atoms with Gasteiger partial charge in [-0.2, -0.15) is 18.3 Å². The van der Waals surface area contributed by atoms with Crippen LogP contribution in [-0.4, -0.2) is 60.1 Å². The molecule has 0 saturated carbocycles. The Hall–Kier alpha value is -4.13. The van der Waals surface area contributed by atoms with Gasteiger partial charge in [0, 0.05) is 55.6 Å². The van der Waals surface area contributed by atoms with Crippen molar-refractivity contribution in [2.24, 2.45) is 0 Å². The van der Waals surface area contributed by atoms with Crippen molar-refractivity contribution >= 4 is 11.6 Å². The maximum absolute atomic E-state index is 13.4. The summed E-state index contributed by atoms with van der Waals surface area (Å²) in [6, 6.07) is 4.97. The van der Waals surface area contributed by atoms with E-state index in [0.717, 1.165) is 5.56 Å². The van der Waals surface area contributed by atoms with Gasteiger partial charge in [-0.3, -0.25) is 14.6 Å². The van der Waals surface area contributed by atoms with E-state index in [9.17, 15) is 18.3 Å². The maximum atomic E-state index is 13.4. The van der Waals surface area contributed by atoms with Crippen molar-refractivity contribution in [3.05, 3.63) is 60.2 Å². The highest BCUT2D eigenvalue weighted by Gasteiger charge is 2.36. The highest BCUT2D eigenvalue weighted by atomic mass is 19.4. The molecule has 4 rings (SSSR count). The molecule has 1 unspecified atom stereocenters. The number of aryl methyl sites for hydroxylation is 1. The summed E-state index contributed by atoms with van der Waals surface area (Å²) in [7, 11) is 3.20. The zero-order valence-corrected chi connectivity index (χ0v) is 20.0. The molecule has 4 aromatic rings. The van der Waals surface area contributed by atoms with Gasteiger partial charge in [0.2, 0.25) is 5.82 Å². The lowest BCUT2D eigenvalue weighted by Gasteiger charge is -2.16. The van der Waals surface area contributed by atoms with E-state index in [4.69, 9.17) is 0 Å². The third-order valence-electron chi connectivity index (χ3n) is 5.34. The molecule has 0 aliphatic carbocycles. The molecule has 0 spiro atoms. The molecule has 0 saturated heterocycles. The van der Waals surface area contributed by atoms with Crippen LogP contribution in [0, 0.1) is 13.8 Å². The first-order valence-corrected chi connectivity index (χ1v) is 10.9. The fourth-order valence-corrected chi connectivity index (χ4v) is 3.62. The average molecular weight is 500 g/mol. The highest BCUT2D eigenvalue weighted by molar-refractivity contribution is 5.67. The number of hydrogen-bond acceptors (Lipinski definition) is 9. The molecule has 0 fully saturated rings. The monoisotopic (exact) mass is 499 g/mol. The van der Waals surface area contributed by atoms with E-state index >= 15 is 0 Å². The summed E-state index contributed by atoms with van der Waals surface area (Å²) in [5.41, 5.74) is 3.02. The lowest BCUT2D eigenvalue weighted by atomic mass is 10.1. The van der Waals surface area contributed by atoms with E-state index in [1.165, 1.54) is 15.6 Å². The van der Waals surface area contributed by atoms with Crippen LogP contribution in [0.2, 0.25) is 0 Å². The number of pyridine rings is 1. The van der Waals surface area contributed by atoms with E-state index in [-0.39, 0.29) is 18.1 Å². The van der Waals surface area contributed by atoms with Crippen LogP contribution >= 0.6 is 0 Å². The molecule has 0 aliphatic rings. The van der Waals surface area contributed by atoms with Crippen LogP contribution in [0.15, 0.2) is 43.0 Å². The number of nitrogens with one attached hydrogen (secondary N) is 1. The van der Waals surface area contributed by atoms with Crippen LogP contribution in [0.4, 0.5) is 24.8 Å². The molecule has 0 radical (unpaired) electrons. The van der Waals surface area contributed by atoms with Gasteiger partial charge in [-0.25, -0.2) is 15.0 Å². The second kappa shape index (κ2) is 9.85. The van der Waals surface area contributed by atoms with Gasteiger partial charge in [-0.05, 0) is 26.0 Å². The number of aliphatic hydroxyl groups excluding tert-OH is 1. The largest absolute Gasteiger partial charge is 0.451 e. The van der Waals surface area contributed by atoms with Gasteiger partial charge in [0.25, 0.3) is 0 Å². The third-order valence-corrected chi connectivity index (χ3v) is 5.34. The maximum Gasteiger partial charge on any atom is 0.451 e. The van der Waals surface area contributed by atoms with Gasteiger partial charge in [-0.1, -0.05) is 0 Å². The Morgan fingerprint density at radius 2 is 1.83 bits per heavy atom. The van der Waals surface area contributed by atoms with Gasteiger partial charge in [-0.15, -0.1) is 0 Å². The van der Waals surface area contributed by atoms with Crippen molar-refractivity contribution in [2.45, 2.75) is 32.8 Å².